The van der Waals surface area contributed by atoms with Crippen LogP contribution in [0.5, 0.6) is 5.75 Å². The topological polar surface area (TPSA) is 85.4 Å². The van der Waals surface area contributed by atoms with Gasteiger partial charge in [0.1, 0.15) is 11.3 Å². The second-order valence-corrected chi connectivity index (χ2v) is 7.02. The Morgan fingerprint density at radius 3 is 2.56 bits per heavy atom. The lowest BCUT2D eigenvalue weighted by Gasteiger charge is -2.13. The molecule has 0 saturated heterocycles. The Balaban J connectivity index is 2.14. The maximum atomic E-state index is 12.9. The zero-order valence-corrected chi connectivity index (χ0v) is 14.5. The van der Waals surface area contributed by atoms with Gasteiger partial charge in [-0.25, -0.2) is 8.42 Å². The SMILES string of the molecule is COc1ccc(S(=O)(=O)Nc2ccccc2C(C)=O)c2cccnc12. The number of fused-ring (bicyclic) bond motifs is 1. The Labute approximate surface area is 145 Å². The first-order valence-electron chi connectivity index (χ1n) is 7.48. The molecular formula is C18H16N2O4S. The molecule has 0 atom stereocenters. The number of hydrogen-bond acceptors (Lipinski definition) is 5. The number of sulfonamides is 1. The molecule has 0 fully saturated rings. The number of anilines is 1. The van der Waals surface area contributed by atoms with Crippen LogP contribution in [0.4, 0.5) is 5.69 Å². The number of ether oxygens (including phenoxy) is 1. The van der Waals surface area contributed by atoms with Gasteiger partial charge in [-0.2, -0.15) is 0 Å². The van der Waals surface area contributed by atoms with Crippen LogP contribution in [0.25, 0.3) is 10.9 Å². The fourth-order valence-corrected chi connectivity index (χ4v) is 3.88. The van der Waals surface area contributed by atoms with Gasteiger partial charge in [0, 0.05) is 17.1 Å². The molecule has 3 rings (SSSR count). The van der Waals surface area contributed by atoms with Gasteiger partial charge in [0.15, 0.2) is 5.78 Å². The number of hydrogen-bond donors (Lipinski definition) is 1. The summed E-state index contributed by atoms with van der Waals surface area (Å²) in [5.41, 5.74) is 0.998. The lowest BCUT2D eigenvalue weighted by Crippen LogP contribution is -2.15. The first kappa shape index (κ1) is 16.9. The Hall–Kier alpha value is -2.93. The number of methoxy groups -OCH3 is 1. The van der Waals surface area contributed by atoms with Gasteiger partial charge < -0.3 is 4.74 Å². The molecule has 3 aromatic rings. The van der Waals surface area contributed by atoms with E-state index in [4.69, 9.17) is 4.74 Å². The number of rotatable bonds is 5. The highest BCUT2D eigenvalue weighted by Crippen LogP contribution is 2.30. The third-order valence-corrected chi connectivity index (χ3v) is 5.18. The predicted octanol–water partition coefficient (Wildman–Crippen LogP) is 3.25. The van der Waals surface area contributed by atoms with Gasteiger partial charge in [-0.3, -0.25) is 14.5 Å². The molecule has 1 N–H and O–H groups in total. The van der Waals surface area contributed by atoms with Crippen molar-refractivity contribution < 1.29 is 17.9 Å². The largest absolute Gasteiger partial charge is 0.494 e. The number of para-hydroxylation sites is 1. The van der Waals surface area contributed by atoms with Crippen molar-refractivity contribution in [3.05, 3.63) is 60.3 Å². The van der Waals surface area contributed by atoms with Gasteiger partial charge >= 0.3 is 0 Å². The molecule has 0 aliphatic heterocycles. The molecule has 0 aliphatic rings. The first-order valence-corrected chi connectivity index (χ1v) is 8.97. The second kappa shape index (κ2) is 6.52. The number of aromatic nitrogens is 1. The quantitative estimate of drug-likeness (QED) is 0.709. The summed E-state index contributed by atoms with van der Waals surface area (Å²) >= 11 is 0. The monoisotopic (exact) mass is 356 g/mol. The van der Waals surface area contributed by atoms with Crippen LogP contribution in [0.1, 0.15) is 17.3 Å². The number of ketones is 1. The summed E-state index contributed by atoms with van der Waals surface area (Å²) in [6.07, 6.45) is 1.57. The number of nitrogens with one attached hydrogen (secondary N) is 1. The van der Waals surface area contributed by atoms with Crippen LogP contribution < -0.4 is 9.46 Å². The van der Waals surface area contributed by atoms with Gasteiger partial charge in [0.2, 0.25) is 0 Å². The van der Waals surface area contributed by atoms with Crippen molar-refractivity contribution in [2.45, 2.75) is 11.8 Å². The maximum absolute atomic E-state index is 12.9. The second-order valence-electron chi connectivity index (χ2n) is 5.37. The lowest BCUT2D eigenvalue weighted by molar-refractivity contribution is 0.101. The summed E-state index contributed by atoms with van der Waals surface area (Å²) in [5, 5.41) is 0.439. The van der Waals surface area contributed by atoms with E-state index in [1.807, 2.05) is 0 Å². The molecule has 128 valence electrons. The van der Waals surface area contributed by atoms with Crippen molar-refractivity contribution in [1.82, 2.24) is 4.98 Å². The number of Topliss-reactive ketones (excluding diaryl/α,β-unsaturated/α-hetero) is 1. The summed E-state index contributed by atoms with van der Waals surface area (Å²) in [7, 11) is -2.42. The molecule has 0 saturated carbocycles. The summed E-state index contributed by atoms with van der Waals surface area (Å²) < 4.78 is 33.5. The van der Waals surface area contributed by atoms with Crippen molar-refractivity contribution in [1.29, 1.82) is 0 Å². The van der Waals surface area contributed by atoms with Crippen LogP contribution >= 0.6 is 0 Å². The van der Waals surface area contributed by atoms with Crippen molar-refractivity contribution in [2.75, 3.05) is 11.8 Å². The van der Waals surface area contributed by atoms with E-state index in [0.717, 1.165) is 0 Å². The number of pyridine rings is 1. The molecule has 1 aromatic heterocycles. The number of carbonyl (C=O) groups is 1. The smallest absolute Gasteiger partial charge is 0.262 e. The summed E-state index contributed by atoms with van der Waals surface area (Å²) in [6.45, 7) is 1.39. The van der Waals surface area contributed by atoms with E-state index >= 15 is 0 Å². The molecule has 7 heteroatoms. The van der Waals surface area contributed by atoms with E-state index in [9.17, 15) is 13.2 Å². The summed E-state index contributed by atoms with van der Waals surface area (Å²) in [5.74, 6) is 0.262. The highest BCUT2D eigenvalue weighted by molar-refractivity contribution is 7.93. The van der Waals surface area contributed by atoms with Crippen LogP contribution in [-0.2, 0) is 10.0 Å². The molecule has 0 spiro atoms. The van der Waals surface area contributed by atoms with Crippen LogP contribution in [-0.4, -0.2) is 26.3 Å². The number of nitrogens with zero attached hydrogens (tertiary/aromatic N) is 1. The molecule has 2 aromatic carbocycles. The van der Waals surface area contributed by atoms with Crippen molar-refractivity contribution in [2.24, 2.45) is 0 Å². The molecule has 6 nitrogen and oxygen atoms in total. The summed E-state index contributed by atoms with van der Waals surface area (Å²) in [4.78, 5) is 16.0. The minimum absolute atomic E-state index is 0.0646. The fourth-order valence-electron chi connectivity index (χ4n) is 2.60. The van der Waals surface area contributed by atoms with Crippen LogP contribution in [0, 0.1) is 0 Å². The van der Waals surface area contributed by atoms with Crippen molar-refractivity contribution in [3.63, 3.8) is 0 Å². The molecule has 0 amide bonds. The highest BCUT2D eigenvalue weighted by atomic mass is 32.2. The molecule has 0 aliphatic carbocycles. The Morgan fingerprint density at radius 1 is 1.08 bits per heavy atom. The van der Waals surface area contributed by atoms with Crippen LogP contribution in [0.2, 0.25) is 0 Å². The fraction of sp³-hybridized carbons (Fsp3) is 0.111. The van der Waals surface area contributed by atoms with Gasteiger partial charge in [-0.05, 0) is 43.3 Å². The minimum Gasteiger partial charge on any atom is -0.494 e. The maximum Gasteiger partial charge on any atom is 0.262 e. The number of benzene rings is 2. The minimum atomic E-state index is -3.92. The Bertz CT molecular complexity index is 1060. The van der Waals surface area contributed by atoms with E-state index < -0.39 is 10.0 Å². The Morgan fingerprint density at radius 2 is 1.84 bits per heavy atom. The van der Waals surface area contributed by atoms with E-state index in [1.165, 1.54) is 20.1 Å². The Kier molecular flexibility index (Phi) is 4.41. The third-order valence-electron chi connectivity index (χ3n) is 3.75. The van der Waals surface area contributed by atoms with E-state index in [1.54, 1.807) is 48.7 Å². The average molecular weight is 356 g/mol. The standard InChI is InChI=1S/C18H16N2O4S/c1-12(21)13-6-3-4-8-15(13)20-25(22,23)17-10-9-16(24-2)18-14(17)7-5-11-19-18/h3-11,20H,1-2H3. The molecule has 1 heterocycles. The van der Waals surface area contributed by atoms with Gasteiger partial charge in [0.25, 0.3) is 10.0 Å². The predicted molar refractivity (Wildman–Crippen MR) is 95.6 cm³/mol. The molecule has 0 radical (unpaired) electrons. The first-order chi connectivity index (χ1) is 11.9. The van der Waals surface area contributed by atoms with Gasteiger partial charge in [-0.1, -0.05) is 12.1 Å². The molecular weight excluding hydrogens is 340 g/mol. The van der Waals surface area contributed by atoms with E-state index in [-0.39, 0.29) is 16.4 Å². The molecule has 0 bridgehead atoms. The van der Waals surface area contributed by atoms with E-state index in [2.05, 4.69) is 9.71 Å². The normalized spacial score (nSPS) is 11.3. The average Bonchev–Trinajstić information content (AvgIpc) is 2.60. The zero-order valence-electron chi connectivity index (χ0n) is 13.7. The number of carbonyl (C=O) groups excluding carboxylic acids is 1. The third kappa shape index (κ3) is 3.18. The van der Waals surface area contributed by atoms with Gasteiger partial charge in [-0.15, -0.1) is 0 Å². The van der Waals surface area contributed by atoms with Crippen molar-refractivity contribution >= 4 is 32.4 Å². The van der Waals surface area contributed by atoms with E-state index in [0.29, 0.717) is 22.2 Å². The molecule has 25 heavy (non-hydrogen) atoms. The van der Waals surface area contributed by atoms with Gasteiger partial charge in [0.05, 0.1) is 17.7 Å². The van der Waals surface area contributed by atoms with Crippen LogP contribution in [0.3, 0.4) is 0 Å². The zero-order chi connectivity index (χ0) is 18.0. The molecule has 0 unspecified atom stereocenters. The van der Waals surface area contributed by atoms with Crippen molar-refractivity contribution in [3.8, 4) is 5.75 Å². The van der Waals surface area contributed by atoms with Crippen LogP contribution in [0.15, 0.2) is 59.6 Å². The lowest BCUT2D eigenvalue weighted by atomic mass is 10.1. The summed E-state index contributed by atoms with van der Waals surface area (Å²) in [6, 6.07) is 12.8. The highest BCUT2D eigenvalue weighted by Gasteiger charge is 2.21.